The fraction of sp³-hybridized carbons (Fsp3) is 0.545. The van der Waals surface area contributed by atoms with Crippen molar-refractivity contribution in [1.29, 1.82) is 0 Å². The zero-order valence-electron chi connectivity index (χ0n) is 8.61. The molecule has 0 fully saturated rings. The van der Waals surface area contributed by atoms with E-state index in [-0.39, 0.29) is 0 Å². The van der Waals surface area contributed by atoms with Crippen molar-refractivity contribution in [3.63, 3.8) is 0 Å². The fourth-order valence-corrected chi connectivity index (χ4v) is 0.955. The van der Waals surface area contributed by atoms with Crippen molar-refractivity contribution >= 4 is 5.97 Å². The molecule has 3 heteroatoms. The smallest absolute Gasteiger partial charge is 0.335 e. The molecular weight excluding hydrogens is 180 g/mol. The molecule has 0 heterocycles. The summed E-state index contributed by atoms with van der Waals surface area (Å²) in [4.78, 5) is 10.8. The molecule has 0 saturated heterocycles. The Kier molecular flexibility index (Phi) is 7.84. The van der Waals surface area contributed by atoms with Crippen LogP contribution in [0.15, 0.2) is 24.8 Å². The standard InChI is InChI=1S/C11H18O3/c1-3-4-5-6-7-8-9-10(12)11(13)14-2/h3,7-8,10,12H,1,4-6,9H2,2H3. The molecular formula is C11H18O3. The van der Waals surface area contributed by atoms with Crippen LogP contribution in [0.2, 0.25) is 0 Å². The van der Waals surface area contributed by atoms with Crippen LogP contribution in [0.3, 0.4) is 0 Å². The Labute approximate surface area is 85.1 Å². The third kappa shape index (κ3) is 6.43. The second kappa shape index (κ2) is 8.51. The highest BCUT2D eigenvalue weighted by Gasteiger charge is 2.12. The molecule has 0 saturated carbocycles. The summed E-state index contributed by atoms with van der Waals surface area (Å²) in [6.45, 7) is 3.62. The summed E-state index contributed by atoms with van der Waals surface area (Å²) in [5.41, 5.74) is 0. The number of hydrogen-bond donors (Lipinski definition) is 1. The number of carbonyl (C=O) groups is 1. The van der Waals surface area contributed by atoms with Crippen molar-refractivity contribution in [3.8, 4) is 0 Å². The number of carbonyl (C=O) groups excluding carboxylic acids is 1. The summed E-state index contributed by atoms with van der Waals surface area (Å²) in [6.07, 6.45) is 7.90. The lowest BCUT2D eigenvalue weighted by molar-refractivity contribution is -0.150. The van der Waals surface area contributed by atoms with Gasteiger partial charge in [-0.25, -0.2) is 4.79 Å². The zero-order valence-corrected chi connectivity index (χ0v) is 8.61. The average molecular weight is 198 g/mol. The van der Waals surface area contributed by atoms with Crippen LogP contribution in [0.5, 0.6) is 0 Å². The molecule has 1 N–H and O–H groups in total. The topological polar surface area (TPSA) is 46.5 Å². The van der Waals surface area contributed by atoms with Gasteiger partial charge in [0.25, 0.3) is 0 Å². The van der Waals surface area contributed by atoms with E-state index in [4.69, 9.17) is 0 Å². The summed E-state index contributed by atoms with van der Waals surface area (Å²) < 4.78 is 4.37. The maximum atomic E-state index is 10.8. The first kappa shape index (κ1) is 12.9. The average Bonchev–Trinajstić information content (AvgIpc) is 2.21. The highest BCUT2D eigenvalue weighted by atomic mass is 16.5. The van der Waals surface area contributed by atoms with Crippen LogP contribution in [0.1, 0.15) is 25.7 Å². The van der Waals surface area contributed by atoms with Crippen LogP contribution in [-0.2, 0) is 9.53 Å². The first-order valence-electron chi connectivity index (χ1n) is 4.74. The molecule has 0 radical (unpaired) electrons. The maximum Gasteiger partial charge on any atom is 0.335 e. The SMILES string of the molecule is C=CCCCC=CCC(O)C(=O)OC. The van der Waals surface area contributed by atoms with Gasteiger partial charge in [0.15, 0.2) is 6.10 Å². The molecule has 1 atom stereocenters. The Morgan fingerprint density at radius 2 is 2.21 bits per heavy atom. The molecule has 14 heavy (non-hydrogen) atoms. The van der Waals surface area contributed by atoms with E-state index in [1.807, 2.05) is 12.2 Å². The lowest BCUT2D eigenvalue weighted by Gasteiger charge is -2.03. The van der Waals surface area contributed by atoms with Gasteiger partial charge in [0.05, 0.1) is 7.11 Å². The van der Waals surface area contributed by atoms with Gasteiger partial charge in [0.2, 0.25) is 0 Å². The third-order valence-corrected chi connectivity index (χ3v) is 1.78. The van der Waals surface area contributed by atoms with E-state index in [0.29, 0.717) is 6.42 Å². The summed E-state index contributed by atoms with van der Waals surface area (Å²) in [6, 6.07) is 0. The number of esters is 1. The van der Waals surface area contributed by atoms with Crippen LogP contribution in [0.25, 0.3) is 0 Å². The minimum atomic E-state index is -1.03. The summed E-state index contributed by atoms with van der Waals surface area (Å²) in [5, 5.41) is 9.18. The Morgan fingerprint density at radius 1 is 1.50 bits per heavy atom. The molecule has 80 valence electrons. The molecule has 0 spiro atoms. The van der Waals surface area contributed by atoms with Gasteiger partial charge in [-0.15, -0.1) is 6.58 Å². The molecule has 0 aliphatic carbocycles. The van der Waals surface area contributed by atoms with E-state index in [0.717, 1.165) is 19.3 Å². The number of allylic oxidation sites excluding steroid dienone is 2. The monoisotopic (exact) mass is 198 g/mol. The van der Waals surface area contributed by atoms with Crippen LogP contribution in [0, 0.1) is 0 Å². The number of aliphatic hydroxyl groups is 1. The largest absolute Gasteiger partial charge is 0.467 e. The van der Waals surface area contributed by atoms with Gasteiger partial charge in [0.1, 0.15) is 0 Å². The first-order chi connectivity index (χ1) is 6.72. The van der Waals surface area contributed by atoms with Crippen molar-refractivity contribution in [1.82, 2.24) is 0 Å². The Balaban J connectivity index is 3.50. The number of methoxy groups -OCH3 is 1. The van der Waals surface area contributed by atoms with Crippen molar-refractivity contribution in [2.75, 3.05) is 7.11 Å². The van der Waals surface area contributed by atoms with Crippen LogP contribution in [-0.4, -0.2) is 24.3 Å². The van der Waals surface area contributed by atoms with E-state index in [9.17, 15) is 9.90 Å². The highest BCUT2D eigenvalue weighted by Crippen LogP contribution is 2.00. The van der Waals surface area contributed by atoms with Crippen LogP contribution < -0.4 is 0 Å². The van der Waals surface area contributed by atoms with Gasteiger partial charge in [-0.3, -0.25) is 0 Å². The second-order valence-electron chi connectivity index (χ2n) is 2.97. The number of hydrogen-bond acceptors (Lipinski definition) is 3. The summed E-state index contributed by atoms with van der Waals surface area (Å²) in [5.74, 6) is -0.583. The molecule has 3 nitrogen and oxygen atoms in total. The maximum absolute atomic E-state index is 10.8. The van der Waals surface area contributed by atoms with Crippen molar-refractivity contribution < 1.29 is 14.6 Å². The van der Waals surface area contributed by atoms with Gasteiger partial charge < -0.3 is 9.84 Å². The van der Waals surface area contributed by atoms with E-state index in [1.54, 1.807) is 6.08 Å². The van der Waals surface area contributed by atoms with Gasteiger partial charge in [-0.1, -0.05) is 18.2 Å². The number of rotatable bonds is 7. The Bertz CT molecular complexity index is 197. The molecule has 0 aliphatic rings. The van der Waals surface area contributed by atoms with E-state index in [2.05, 4.69) is 11.3 Å². The summed E-state index contributed by atoms with van der Waals surface area (Å²) in [7, 11) is 1.26. The second-order valence-corrected chi connectivity index (χ2v) is 2.97. The van der Waals surface area contributed by atoms with E-state index >= 15 is 0 Å². The molecule has 0 aromatic carbocycles. The van der Waals surface area contributed by atoms with E-state index < -0.39 is 12.1 Å². The minimum absolute atomic E-state index is 0.320. The van der Waals surface area contributed by atoms with Crippen molar-refractivity contribution in [2.24, 2.45) is 0 Å². The summed E-state index contributed by atoms with van der Waals surface area (Å²) >= 11 is 0. The van der Waals surface area contributed by atoms with Crippen LogP contribution >= 0.6 is 0 Å². The normalized spacial score (nSPS) is 12.7. The van der Waals surface area contributed by atoms with Crippen molar-refractivity contribution in [2.45, 2.75) is 31.8 Å². The predicted molar refractivity (Wildman–Crippen MR) is 55.8 cm³/mol. The van der Waals surface area contributed by atoms with E-state index in [1.165, 1.54) is 7.11 Å². The molecule has 0 rings (SSSR count). The Hall–Kier alpha value is -1.09. The lowest BCUT2D eigenvalue weighted by atomic mass is 10.2. The number of aliphatic hydroxyl groups excluding tert-OH is 1. The zero-order chi connectivity index (χ0) is 10.8. The lowest BCUT2D eigenvalue weighted by Crippen LogP contribution is -2.20. The quantitative estimate of drug-likeness (QED) is 0.385. The molecule has 0 aromatic rings. The highest BCUT2D eigenvalue weighted by molar-refractivity contribution is 5.74. The predicted octanol–water partition coefficient (Wildman–Crippen LogP) is 1.82. The Morgan fingerprint density at radius 3 is 2.79 bits per heavy atom. The minimum Gasteiger partial charge on any atom is -0.467 e. The third-order valence-electron chi connectivity index (χ3n) is 1.78. The van der Waals surface area contributed by atoms with Gasteiger partial charge >= 0.3 is 5.97 Å². The van der Waals surface area contributed by atoms with Gasteiger partial charge in [-0.05, 0) is 19.3 Å². The van der Waals surface area contributed by atoms with Gasteiger partial charge in [-0.2, -0.15) is 0 Å². The molecule has 0 amide bonds. The molecule has 0 aromatic heterocycles. The van der Waals surface area contributed by atoms with Gasteiger partial charge in [0, 0.05) is 6.42 Å². The van der Waals surface area contributed by atoms with Crippen LogP contribution in [0.4, 0.5) is 0 Å². The molecule has 0 bridgehead atoms. The number of ether oxygens (including phenoxy) is 1. The first-order valence-corrected chi connectivity index (χ1v) is 4.74. The van der Waals surface area contributed by atoms with Crippen molar-refractivity contribution in [3.05, 3.63) is 24.8 Å². The number of unbranched alkanes of at least 4 members (excludes halogenated alkanes) is 2. The molecule has 1 unspecified atom stereocenters. The fourth-order valence-electron chi connectivity index (χ4n) is 0.955. The molecule has 0 aliphatic heterocycles.